The fraction of sp³-hybridized carbons (Fsp3) is 0. The predicted molar refractivity (Wildman–Crippen MR) is 35.2 cm³/mol. The molecule has 1 rings (SSSR count). The largest absolute Gasteiger partial charge is 0.207 e. The Labute approximate surface area is 57.8 Å². The van der Waals surface area contributed by atoms with Gasteiger partial charge in [-0.2, -0.15) is 0 Å². The molecule has 0 nitrogen and oxygen atoms in total. The van der Waals surface area contributed by atoms with Crippen molar-refractivity contribution >= 4 is 6.08 Å². The van der Waals surface area contributed by atoms with Gasteiger partial charge in [0.05, 0.1) is 0 Å². The molecule has 0 bridgehead atoms. The highest BCUT2D eigenvalue weighted by Crippen LogP contribution is 2.03. The molecule has 0 amide bonds. The standard InChI is InChI=1S/C8H5F2/c9-6-5-7-1-3-8(10)4-2-7/h1-5H. The van der Waals surface area contributed by atoms with Gasteiger partial charge in [-0.1, -0.05) is 12.1 Å². The van der Waals surface area contributed by atoms with Gasteiger partial charge >= 0.3 is 0 Å². The van der Waals surface area contributed by atoms with Crippen LogP contribution < -0.4 is 0 Å². The normalized spacial score (nSPS) is 10.6. The van der Waals surface area contributed by atoms with E-state index in [0.29, 0.717) is 5.56 Å². The average molecular weight is 139 g/mol. The molecule has 1 aromatic rings. The van der Waals surface area contributed by atoms with E-state index in [2.05, 4.69) is 0 Å². The summed E-state index contributed by atoms with van der Waals surface area (Å²) < 4.78 is 23.6. The van der Waals surface area contributed by atoms with E-state index >= 15 is 0 Å². The van der Waals surface area contributed by atoms with Crippen LogP contribution in [0.4, 0.5) is 8.78 Å². The minimum absolute atomic E-state index is 0.323. The lowest BCUT2D eigenvalue weighted by atomic mass is 10.2. The van der Waals surface area contributed by atoms with Gasteiger partial charge < -0.3 is 0 Å². The van der Waals surface area contributed by atoms with E-state index < -0.39 is 0 Å². The van der Waals surface area contributed by atoms with Crippen LogP contribution in [0.2, 0.25) is 0 Å². The molecular formula is C8H5F2. The molecule has 0 aliphatic carbocycles. The first-order valence-corrected chi connectivity index (χ1v) is 2.78. The van der Waals surface area contributed by atoms with Crippen LogP contribution in [0.15, 0.2) is 24.3 Å². The van der Waals surface area contributed by atoms with Crippen LogP contribution in [0.5, 0.6) is 0 Å². The molecule has 0 saturated carbocycles. The summed E-state index contributed by atoms with van der Waals surface area (Å²) in [4.78, 5) is 0. The summed E-state index contributed by atoms with van der Waals surface area (Å²) in [5, 5.41) is 0. The second-order valence-corrected chi connectivity index (χ2v) is 1.80. The highest BCUT2D eigenvalue weighted by Gasteiger charge is 1.87. The van der Waals surface area contributed by atoms with Gasteiger partial charge in [-0.25, -0.2) is 8.78 Å². The minimum Gasteiger partial charge on any atom is -0.207 e. The molecule has 2 heteroatoms. The van der Waals surface area contributed by atoms with Gasteiger partial charge in [0.15, 0.2) is 6.33 Å². The molecule has 0 aliphatic rings. The fourth-order valence-corrected chi connectivity index (χ4v) is 0.622. The summed E-state index contributed by atoms with van der Waals surface area (Å²) in [7, 11) is 0. The lowest BCUT2D eigenvalue weighted by molar-refractivity contribution is 0.627. The van der Waals surface area contributed by atoms with Crippen LogP contribution in [0, 0.1) is 12.1 Å². The van der Waals surface area contributed by atoms with Gasteiger partial charge in [-0.15, -0.1) is 0 Å². The highest BCUT2D eigenvalue weighted by molar-refractivity contribution is 5.45. The van der Waals surface area contributed by atoms with E-state index in [1.165, 1.54) is 30.6 Å². The maximum Gasteiger partial charge on any atom is 0.159 e. The summed E-state index contributed by atoms with van der Waals surface area (Å²) in [5.41, 5.74) is 0.601. The number of halogens is 2. The lowest BCUT2D eigenvalue weighted by Crippen LogP contribution is -1.72. The Morgan fingerprint density at radius 3 is 2.30 bits per heavy atom. The minimum atomic E-state index is -0.323. The molecule has 0 unspecified atom stereocenters. The Bertz CT molecular complexity index is 224. The van der Waals surface area contributed by atoms with E-state index in [1.54, 1.807) is 0 Å². The van der Waals surface area contributed by atoms with Gasteiger partial charge in [0, 0.05) is 0 Å². The molecule has 51 valence electrons. The second-order valence-electron chi connectivity index (χ2n) is 1.80. The first-order valence-electron chi connectivity index (χ1n) is 2.78. The molecule has 1 aromatic carbocycles. The molecular weight excluding hydrogens is 134 g/mol. The van der Waals surface area contributed by atoms with E-state index in [9.17, 15) is 8.78 Å². The third kappa shape index (κ3) is 1.65. The van der Waals surface area contributed by atoms with E-state index in [-0.39, 0.29) is 5.82 Å². The molecule has 10 heavy (non-hydrogen) atoms. The predicted octanol–water partition coefficient (Wildman–Crippen LogP) is 2.57. The van der Waals surface area contributed by atoms with Crippen LogP contribution in [0.3, 0.4) is 0 Å². The fourth-order valence-electron chi connectivity index (χ4n) is 0.622. The van der Waals surface area contributed by atoms with E-state index in [0.717, 1.165) is 6.08 Å². The maximum atomic E-state index is 12.2. The van der Waals surface area contributed by atoms with Gasteiger partial charge in [-0.3, -0.25) is 0 Å². The zero-order chi connectivity index (χ0) is 7.40. The lowest BCUT2D eigenvalue weighted by Gasteiger charge is -1.88. The van der Waals surface area contributed by atoms with Crippen molar-refractivity contribution in [2.75, 3.05) is 0 Å². The summed E-state index contributed by atoms with van der Waals surface area (Å²) in [6, 6.07) is 5.48. The Morgan fingerprint density at radius 1 is 1.20 bits per heavy atom. The SMILES string of the molecule is F[C]=Cc1ccc(F)cc1. The van der Waals surface area contributed by atoms with E-state index in [4.69, 9.17) is 0 Å². The maximum absolute atomic E-state index is 12.2. The molecule has 0 atom stereocenters. The first-order chi connectivity index (χ1) is 4.83. The summed E-state index contributed by atoms with van der Waals surface area (Å²) >= 11 is 0. The number of benzene rings is 1. The molecule has 0 aliphatic heterocycles. The van der Waals surface area contributed by atoms with Gasteiger partial charge in [0.1, 0.15) is 5.82 Å². The second kappa shape index (κ2) is 3.11. The summed E-state index contributed by atoms with van der Waals surface area (Å²) in [6.45, 7) is 0. The third-order valence-corrected chi connectivity index (χ3v) is 1.09. The molecule has 0 fully saturated rings. The van der Waals surface area contributed by atoms with Crippen molar-refractivity contribution in [2.24, 2.45) is 0 Å². The summed E-state index contributed by atoms with van der Waals surface area (Å²) in [6.07, 6.45) is 2.49. The van der Waals surface area contributed by atoms with Gasteiger partial charge in [-0.05, 0) is 23.8 Å². The van der Waals surface area contributed by atoms with Crippen LogP contribution in [0.25, 0.3) is 6.08 Å². The van der Waals surface area contributed by atoms with Crippen LogP contribution in [0.1, 0.15) is 5.56 Å². The van der Waals surface area contributed by atoms with E-state index in [1.807, 2.05) is 0 Å². The molecule has 0 heterocycles. The van der Waals surface area contributed by atoms with Gasteiger partial charge in [0.25, 0.3) is 0 Å². The summed E-state index contributed by atoms with van der Waals surface area (Å²) in [5.74, 6) is -0.323. The number of hydrogen-bond donors (Lipinski definition) is 0. The monoisotopic (exact) mass is 139 g/mol. The van der Waals surface area contributed by atoms with Crippen molar-refractivity contribution in [3.63, 3.8) is 0 Å². The molecule has 1 radical (unpaired) electrons. The first kappa shape index (κ1) is 6.93. The molecule has 0 spiro atoms. The number of rotatable bonds is 1. The van der Waals surface area contributed by atoms with Crippen molar-refractivity contribution in [1.82, 2.24) is 0 Å². The van der Waals surface area contributed by atoms with Crippen LogP contribution in [-0.2, 0) is 0 Å². The van der Waals surface area contributed by atoms with Crippen molar-refractivity contribution in [2.45, 2.75) is 0 Å². The zero-order valence-corrected chi connectivity index (χ0v) is 5.14. The zero-order valence-electron chi connectivity index (χ0n) is 5.14. The van der Waals surface area contributed by atoms with Gasteiger partial charge in [0.2, 0.25) is 0 Å². The quantitative estimate of drug-likeness (QED) is 0.561. The van der Waals surface area contributed by atoms with Crippen molar-refractivity contribution in [3.8, 4) is 0 Å². The highest BCUT2D eigenvalue weighted by atomic mass is 19.1. The topological polar surface area (TPSA) is 0 Å². The van der Waals surface area contributed by atoms with Crippen LogP contribution >= 0.6 is 0 Å². The Balaban J connectivity index is 2.89. The van der Waals surface area contributed by atoms with Crippen LogP contribution in [-0.4, -0.2) is 0 Å². The Kier molecular flexibility index (Phi) is 2.15. The molecule has 0 N–H and O–H groups in total. The molecule has 0 aromatic heterocycles. The van der Waals surface area contributed by atoms with Crippen molar-refractivity contribution in [1.29, 1.82) is 0 Å². The van der Waals surface area contributed by atoms with Crippen molar-refractivity contribution < 1.29 is 8.78 Å². The third-order valence-electron chi connectivity index (χ3n) is 1.09. The smallest absolute Gasteiger partial charge is 0.159 e. The van der Waals surface area contributed by atoms with Crippen molar-refractivity contribution in [3.05, 3.63) is 42.0 Å². The number of hydrogen-bond acceptors (Lipinski definition) is 0. The average Bonchev–Trinajstić information content (AvgIpc) is 1.95. The Hall–Kier alpha value is -1.18. The molecule has 0 saturated heterocycles. The Morgan fingerprint density at radius 2 is 1.80 bits per heavy atom.